The summed E-state index contributed by atoms with van der Waals surface area (Å²) >= 11 is 0. The molecule has 1 aliphatic rings. The van der Waals surface area contributed by atoms with Crippen LogP contribution in [0.5, 0.6) is 0 Å². The first-order valence-corrected chi connectivity index (χ1v) is 11.6. The maximum Gasteiger partial charge on any atom is 0.276 e. The number of carbonyl (C=O) groups is 1. The van der Waals surface area contributed by atoms with Gasteiger partial charge in [0.05, 0.1) is 23.2 Å². The number of rotatable bonds is 4. The predicted molar refractivity (Wildman–Crippen MR) is 114 cm³/mol. The van der Waals surface area contributed by atoms with Gasteiger partial charge in [0, 0.05) is 17.3 Å². The lowest BCUT2D eigenvalue weighted by molar-refractivity contribution is 0.102. The molecule has 2 aromatic carbocycles. The molecule has 1 saturated heterocycles. The van der Waals surface area contributed by atoms with Crippen LogP contribution in [0.1, 0.15) is 34.1 Å². The Hall–Kier alpha value is -3.07. The fraction of sp³-hybridized carbons (Fsp3) is 0.273. The van der Waals surface area contributed by atoms with Crippen LogP contribution in [0.2, 0.25) is 0 Å². The average molecular weight is 445 g/mol. The van der Waals surface area contributed by atoms with Gasteiger partial charge in [0.25, 0.3) is 5.91 Å². The number of nitrogens with zero attached hydrogens (tertiary/aromatic N) is 2. The number of nitrogens with one attached hydrogen (secondary N) is 1. The van der Waals surface area contributed by atoms with Crippen molar-refractivity contribution < 1.29 is 22.0 Å². The smallest absolute Gasteiger partial charge is 0.276 e. The van der Waals surface area contributed by atoms with Gasteiger partial charge in [0.1, 0.15) is 0 Å². The van der Waals surface area contributed by atoms with Crippen LogP contribution in [-0.4, -0.2) is 35.6 Å². The van der Waals surface area contributed by atoms with E-state index < -0.39 is 27.4 Å². The Morgan fingerprint density at radius 2 is 1.84 bits per heavy atom. The molecule has 0 spiro atoms. The number of carbonyl (C=O) groups excluding carboxylic acids is 1. The number of benzene rings is 2. The van der Waals surface area contributed by atoms with Crippen LogP contribution in [0.25, 0.3) is 11.3 Å². The van der Waals surface area contributed by atoms with Crippen LogP contribution < -0.4 is 5.32 Å². The first-order chi connectivity index (χ1) is 14.6. The van der Waals surface area contributed by atoms with Crippen molar-refractivity contribution in [2.45, 2.75) is 26.3 Å². The maximum absolute atomic E-state index is 13.5. The van der Waals surface area contributed by atoms with Crippen molar-refractivity contribution in [2.75, 3.05) is 16.8 Å². The van der Waals surface area contributed by atoms with E-state index in [0.717, 1.165) is 28.8 Å². The molecule has 1 atom stereocenters. The highest BCUT2D eigenvalue weighted by molar-refractivity contribution is 7.91. The lowest BCUT2D eigenvalue weighted by atomic mass is 10.0. The Labute approximate surface area is 178 Å². The first-order valence-electron chi connectivity index (χ1n) is 9.77. The molecule has 4 rings (SSSR count). The Kier molecular flexibility index (Phi) is 5.38. The van der Waals surface area contributed by atoms with Crippen LogP contribution in [0, 0.1) is 25.5 Å². The molecule has 6 nitrogen and oxygen atoms in total. The number of aromatic nitrogens is 2. The standard InChI is InChI=1S/C22H21F2N3O3S/c1-13-3-4-15(9-14(13)2)21-11-20(26-27(21)17-7-8-31(29,30)12-17)22(28)25-16-5-6-18(23)19(24)10-16/h3-6,9-11,17H,7-8,12H2,1-2H3,(H,25,28). The number of anilines is 1. The van der Waals surface area contributed by atoms with Gasteiger partial charge in [-0.2, -0.15) is 5.10 Å². The highest BCUT2D eigenvalue weighted by Gasteiger charge is 2.32. The molecular formula is C22H21F2N3O3S. The molecule has 2 heterocycles. The van der Waals surface area contributed by atoms with Gasteiger partial charge < -0.3 is 5.32 Å². The average Bonchev–Trinajstić information content (AvgIpc) is 3.30. The molecule has 31 heavy (non-hydrogen) atoms. The lowest BCUT2D eigenvalue weighted by Crippen LogP contribution is -2.16. The monoisotopic (exact) mass is 445 g/mol. The number of halogens is 2. The summed E-state index contributed by atoms with van der Waals surface area (Å²) in [4.78, 5) is 12.7. The molecule has 0 bridgehead atoms. The van der Waals surface area contributed by atoms with Crippen molar-refractivity contribution in [3.63, 3.8) is 0 Å². The summed E-state index contributed by atoms with van der Waals surface area (Å²) in [6, 6.07) is 10.1. The summed E-state index contributed by atoms with van der Waals surface area (Å²) in [7, 11) is -3.16. The molecule has 0 saturated carbocycles. The molecule has 1 unspecified atom stereocenters. The molecule has 9 heteroatoms. The van der Waals surface area contributed by atoms with Gasteiger partial charge in [0.15, 0.2) is 27.2 Å². The van der Waals surface area contributed by atoms with E-state index in [4.69, 9.17) is 0 Å². The zero-order valence-corrected chi connectivity index (χ0v) is 17.8. The predicted octanol–water partition coefficient (Wildman–Crippen LogP) is 4.06. The summed E-state index contributed by atoms with van der Waals surface area (Å²) in [5.41, 5.74) is 3.75. The van der Waals surface area contributed by atoms with E-state index in [1.165, 1.54) is 6.07 Å². The van der Waals surface area contributed by atoms with E-state index in [0.29, 0.717) is 12.1 Å². The Morgan fingerprint density at radius 1 is 1.06 bits per heavy atom. The molecule has 162 valence electrons. The molecule has 3 aromatic rings. The van der Waals surface area contributed by atoms with E-state index in [2.05, 4.69) is 10.4 Å². The molecule has 1 amide bonds. The van der Waals surface area contributed by atoms with Gasteiger partial charge in [-0.25, -0.2) is 17.2 Å². The van der Waals surface area contributed by atoms with Crippen molar-refractivity contribution in [3.8, 4) is 11.3 Å². The summed E-state index contributed by atoms with van der Waals surface area (Å²) in [6.07, 6.45) is 0.409. The first kappa shape index (κ1) is 21.2. The molecule has 1 aromatic heterocycles. The third-order valence-electron chi connectivity index (χ3n) is 5.50. The third kappa shape index (κ3) is 4.36. The van der Waals surface area contributed by atoms with Crippen molar-refractivity contribution in [3.05, 3.63) is 70.9 Å². The second-order valence-corrected chi connectivity index (χ2v) is 10.0. The minimum absolute atomic E-state index is 0.0449. The van der Waals surface area contributed by atoms with Crippen LogP contribution >= 0.6 is 0 Å². The van der Waals surface area contributed by atoms with Crippen LogP contribution in [-0.2, 0) is 9.84 Å². The molecular weight excluding hydrogens is 424 g/mol. The number of hydrogen-bond acceptors (Lipinski definition) is 4. The largest absolute Gasteiger partial charge is 0.320 e. The van der Waals surface area contributed by atoms with E-state index >= 15 is 0 Å². The fourth-order valence-corrected chi connectivity index (χ4v) is 5.33. The van der Waals surface area contributed by atoms with Crippen molar-refractivity contribution in [2.24, 2.45) is 0 Å². The van der Waals surface area contributed by atoms with Gasteiger partial charge in [0.2, 0.25) is 0 Å². The summed E-state index contributed by atoms with van der Waals surface area (Å²) in [6.45, 7) is 3.96. The second-order valence-electron chi connectivity index (χ2n) is 7.80. The maximum atomic E-state index is 13.5. The lowest BCUT2D eigenvalue weighted by Gasteiger charge is -2.14. The number of sulfone groups is 1. The quantitative estimate of drug-likeness (QED) is 0.657. The fourth-order valence-electron chi connectivity index (χ4n) is 3.64. The number of aryl methyl sites for hydroxylation is 2. The normalized spacial score (nSPS) is 17.6. The van der Waals surface area contributed by atoms with Gasteiger partial charge >= 0.3 is 0 Å². The highest BCUT2D eigenvalue weighted by Crippen LogP contribution is 2.31. The van der Waals surface area contributed by atoms with Crippen molar-refractivity contribution in [1.29, 1.82) is 0 Å². The van der Waals surface area contributed by atoms with Gasteiger partial charge in [-0.05, 0) is 55.7 Å². The SMILES string of the molecule is Cc1ccc(-c2cc(C(=O)Nc3ccc(F)c(F)c3)nn2C2CCS(=O)(=O)C2)cc1C. The zero-order chi connectivity index (χ0) is 22.3. The Balaban J connectivity index is 1.72. The summed E-state index contributed by atoms with van der Waals surface area (Å²) in [5.74, 6) is -2.66. The van der Waals surface area contributed by atoms with Crippen LogP contribution in [0.15, 0.2) is 42.5 Å². The van der Waals surface area contributed by atoms with Crippen LogP contribution in [0.4, 0.5) is 14.5 Å². The van der Waals surface area contributed by atoms with Crippen molar-refractivity contribution in [1.82, 2.24) is 9.78 Å². The molecule has 1 aliphatic heterocycles. The van der Waals surface area contributed by atoms with E-state index in [9.17, 15) is 22.0 Å². The van der Waals surface area contributed by atoms with E-state index in [1.54, 1.807) is 10.7 Å². The summed E-state index contributed by atoms with van der Waals surface area (Å²) < 4.78 is 52.2. The zero-order valence-electron chi connectivity index (χ0n) is 17.0. The third-order valence-corrected chi connectivity index (χ3v) is 7.25. The molecule has 1 N–H and O–H groups in total. The molecule has 0 radical (unpaired) electrons. The molecule has 0 aliphatic carbocycles. The second kappa shape index (κ2) is 7.88. The number of amides is 1. The minimum Gasteiger partial charge on any atom is -0.320 e. The Bertz CT molecular complexity index is 1290. The highest BCUT2D eigenvalue weighted by atomic mass is 32.2. The summed E-state index contributed by atoms with van der Waals surface area (Å²) in [5, 5.41) is 6.90. The Morgan fingerprint density at radius 3 is 2.48 bits per heavy atom. The number of hydrogen-bond donors (Lipinski definition) is 1. The topological polar surface area (TPSA) is 81.1 Å². The van der Waals surface area contributed by atoms with Crippen LogP contribution in [0.3, 0.4) is 0 Å². The van der Waals surface area contributed by atoms with E-state index in [1.807, 2.05) is 32.0 Å². The van der Waals surface area contributed by atoms with Crippen molar-refractivity contribution >= 4 is 21.4 Å². The van der Waals surface area contributed by atoms with Gasteiger partial charge in [-0.1, -0.05) is 12.1 Å². The minimum atomic E-state index is -3.16. The van der Waals surface area contributed by atoms with Gasteiger partial charge in [-0.15, -0.1) is 0 Å². The molecule has 1 fully saturated rings. The van der Waals surface area contributed by atoms with E-state index in [-0.39, 0.29) is 28.9 Å². The van der Waals surface area contributed by atoms with Gasteiger partial charge in [-0.3, -0.25) is 9.48 Å².